The summed E-state index contributed by atoms with van der Waals surface area (Å²) in [6, 6.07) is 15.6. The molecule has 0 amide bonds. The summed E-state index contributed by atoms with van der Waals surface area (Å²) in [4.78, 5) is 0. The van der Waals surface area contributed by atoms with Crippen molar-refractivity contribution in [1.29, 1.82) is 0 Å². The first-order valence-corrected chi connectivity index (χ1v) is 8.01. The molecule has 3 rings (SSSR count). The molecule has 1 heterocycles. The summed E-state index contributed by atoms with van der Waals surface area (Å²) >= 11 is 5.85. The summed E-state index contributed by atoms with van der Waals surface area (Å²) in [5.41, 5.74) is 3.19. The molecule has 0 unspecified atom stereocenters. The molecule has 0 fully saturated rings. The molecule has 0 aliphatic rings. The number of rotatable bonds is 7. The van der Waals surface area contributed by atoms with Crippen LogP contribution in [0.1, 0.15) is 11.1 Å². The molecule has 0 aliphatic heterocycles. The Labute approximate surface area is 145 Å². The van der Waals surface area contributed by atoms with Crippen molar-refractivity contribution in [2.24, 2.45) is 0 Å². The van der Waals surface area contributed by atoms with Crippen molar-refractivity contribution in [3.63, 3.8) is 0 Å². The number of hydrogen-bond donors (Lipinski definition) is 1. The van der Waals surface area contributed by atoms with Crippen molar-refractivity contribution in [1.82, 2.24) is 20.2 Å². The minimum Gasteiger partial charge on any atom is -0.375 e. The highest BCUT2D eigenvalue weighted by Crippen LogP contribution is 2.12. The standard InChI is InChI=1S/C17H18ClN5O/c1-13-2-8-16(9-3-13)23-17(20-21-22-23)19-10-11-24-12-14-4-6-15(18)7-5-14/h2-9H,10-12H2,1H3,(H,19,20,22). The van der Waals surface area contributed by atoms with E-state index in [2.05, 4.69) is 20.8 Å². The van der Waals surface area contributed by atoms with Crippen molar-refractivity contribution in [3.8, 4) is 5.69 Å². The van der Waals surface area contributed by atoms with Gasteiger partial charge in [-0.3, -0.25) is 0 Å². The van der Waals surface area contributed by atoms with Crippen LogP contribution < -0.4 is 5.32 Å². The summed E-state index contributed by atoms with van der Waals surface area (Å²) in [6.45, 7) is 3.74. The van der Waals surface area contributed by atoms with Gasteiger partial charge in [-0.25, -0.2) is 0 Å². The lowest BCUT2D eigenvalue weighted by molar-refractivity contribution is 0.130. The molecule has 1 aromatic heterocycles. The fourth-order valence-corrected chi connectivity index (χ4v) is 2.29. The Morgan fingerprint density at radius 3 is 2.58 bits per heavy atom. The van der Waals surface area contributed by atoms with Crippen LogP contribution in [0.15, 0.2) is 48.5 Å². The van der Waals surface area contributed by atoms with Gasteiger partial charge < -0.3 is 10.1 Å². The molecule has 0 atom stereocenters. The maximum atomic E-state index is 5.85. The number of ether oxygens (including phenoxy) is 1. The second-order valence-corrected chi connectivity index (χ2v) is 5.79. The molecule has 2 aromatic carbocycles. The van der Waals surface area contributed by atoms with Crippen LogP contribution in [0.2, 0.25) is 5.02 Å². The summed E-state index contributed by atoms with van der Waals surface area (Å²) in [5.74, 6) is 0.592. The predicted molar refractivity (Wildman–Crippen MR) is 93.5 cm³/mol. The monoisotopic (exact) mass is 343 g/mol. The van der Waals surface area contributed by atoms with E-state index in [0.29, 0.717) is 25.7 Å². The predicted octanol–water partition coefficient (Wildman–Crippen LogP) is 3.25. The van der Waals surface area contributed by atoms with Gasteiger partial charge in [0.15, 0.2) is 0 Å². The number of aromatic nitrogens is 4. The smallest absolute Gasteiger partial charge is 0.247 e. The van der Waals surface area contributed by atoms with E-state index < -0.39 is 0 Å². The van der Waals surface area contributed by atoms with Crippen LogP contribution in [0.25, 0.3) is 5.69 Å². The quantitative estimate of drug-likeness (QED) is 0.667. The summed E-state index contributed by atoms with van der Waals surface area (Å²) in [5, 5.41) is 15.6. The van der Waals surface area contributed by atoms with Gasteiger partial charge in [-0.15, -0.1) is 0 Å². The van der Waals surface area contributed by atoms with Crippen molar-refractivity contribution in [3.05, 3.63) is 64.7 Å². The highest BCUT2D eigenvalue weighted by molar-refractivity contribution is 6.30. The van der Waals surface area contributed by atoms with Crippen LogP contribution in [0, 0.1) is 6.92 Å². The summed E-state index contributed by atoms with van der Waals surface area (Å²) < 4.78 is 7.30. The lowest BCUT2D eigenvalue weighted by atomic mass is 10.2. The van der Waals surface area contributed by atoms with Crippen LogP contribution in [0.5, 0.6) is 0 Å². The molecule has 0 spiro atoms. The Morgan fingerprint density at radius 2 is 1.83 bits per heavy atom. The maximum Gasteiger partial charge on any atom is 0.247 e. The van der Waals surface area contributed by atoms with Crippen molar-refractivity contribution in [2.45, 2.75) is 13.5 Å². The van der Waals surface area contributed by atoms with Gasteiger partial charge in [-0.05, 0) is 47.2 Å². The van der Waals surface area contributed by atoms with Gasteiger partial charge in [-0.1, -0.05) is 46.5 Å². The highest BCUT2D eigenvalue weighted by Gasteiger charge is 2.07. The number of nitrogens with zero attached hydrogens (tertiary/aromatic N) is 4. The molecule has 6 nitrogen and oxygen atoms in total. The maximum absolute atomic E-state index is 5.85. The van der Waals surface area contributed by atoms with E-state index >= 15 is 0 Å². The van der Waals surface area contributed by atoms with E-state index in [1.54, 1.807) is 4.68 Å². The van der Waals surface area contributed by atoms with E-state index in [1.807, 2.05) is 55.5 Å². The normalized spacial score (nSPS) is 10.8. The molecule has 1 N–H and O–H groups in total. The van der Waals surface area contributed by atoms with E-state index in [9.17, 15) is 0 Å². The van der Waals surface area contributed by atoms with Crippen LogP contribution in [-0.2, 0) is 11.3 Å². The van der Waals surface area contributed by atoms with Gasteiger partial charge in [0.1, 0.15) is 0 Å². The number of tetrazole rings is 1. The van der Waals surface area contributed by atoms with E-state index in [4.69, 9.17) is 16.3 Å². The third-order valence-electron chi connectivity index (χ3n) is 3.46. The van der Waals surface area contributed by atoms with Gasteiger partial charge in [0, 0.05) is 11.6 Å². The Balaban J connectivity index is 1.48. The Morgan fingerprint density at radius 1 is 1.08 bits per heavy atom. The first-order chi connectivity index (χ1) is 11.7. The van der Waals surface area contributed by atoms with Gasteiger partial charge in [0.2, 0.25) is 5.95 Å². The number of nitrogens with one attached hydrogen (secondary N) is 1. The zero-order valence-corrected chi connectivity index (χ0v) is 14.1. The van der Waals surface area contributed by atoms with Crippen LogP contribution in [0.4, 0.5) is 5.95 Å². The molecule has 0 radical (unpaired) electrons. The summed E-state index contributed by atoms with van der Waals surface area (Å²) in [7, 11) is 0. The fourth-order valence-electron chi connectivity index (χ4n) is 2.16. The molecule has 0 saturated carbocycles. The van der Waals surface area contributed by atoms with Gasteiger partial charge in [-0.2, -0.15) is 4.68 Å². The van der Waals surface area contributed by atoms with Gasteiger partial charge >= 0.3 is 0 Å². The van der Waals surface area contributed by atoms with Crippen molar-refractivity contribution in [2.75, 3.05) is 18.5 Å². The Bertz CT molecular complexity index is 770. The molecule has 124 valence electrons. The Kier molecular flexibility index (Phi) is 5.40. The number of aryl methyl sites for hydroxylation is 1. The fraction of sp³-hybridized carbons (Fsp3) is 0.235. The zero-order valence-electron chi connectivity index (χ0n) is 13.3. The van der Waals surface area contributed by atoms with Crippen molar-refractivity contribution >= 4 is 17.5 Å². The molecule has 3 aromatic rings. The van der Waals surface area contributed by atoms with Gasteiger partial charge in [0.25, 0.3) is 0 Å². The SMILES string of the molecule is Cc1ccc(-n2nnnc2NCCOCc2ccc(Cl)cc2)cc1. The second-order valence-electron chi connectivity index (χ2n) is 5.36. The summed E-state index contributed by atoms with van der Waals surface area (Å²) in [6.07, 6.45) is 0. The number of hydrogen-bond acceptors (Lipinski definition) is 5. The minimum atomic E-state index is 0.543. The third kappa shape index (κ3) is 4.31. The van der Waals surface area contributed by atoms with E-state index in [1.165, 1.54) is 5.56 Å². The van der Waals surface area contributed by atoms with E-state index in [-0.39, 0.29) is 0 Å². The number of anilines is 1. The molecule has 0 bridgehead atoms. The molecule has 7 heteroatoms. The molecule has 0 saturated heterocycles. The highest BCUT2D eigenvalue weighted by atomic mass is 35.5. The minimum absolute atomic E-state index is 0.543. The second kappa shape index (κ2) is 7.90. The first-order valence-electron chi connectivity index (χ1n) is 7.64. The third-order valence-corrected chi connectivity index (χ3v) is 3.71. The molecular weight excluding hydrogens is 326 g/mol. The van der Waals surface area contributed by atoms with E-state index in [0.717, 1.165) is 16.3 Å². The lowest BCUT2D eigenvalue weighted by Gasteiger charge is -2.08. The number of halogens is 1. The van der Waals surface area contributed by atoms with Crippen LogP contribution in [-0.4, -0.2) is 33.4 Å². The molecule has 0 aliphatic carbocycles. The van der Waals surface area contributed by atoms with Crippen molar-refractivity contribution < 1.29 is 4.74 Å². The van der Waals surface area contributed by atoms with Gasteiger partial charge in [0.05, 0.1) is 18.9 Å². The topological polar surface area (TPSA) is 64.9 Å². The largest absolute Gasteiger partial charge is 0.375 e. The average Bonchev–Trinajstić information content (AvgIpc) is 3.05. The molecular formula is C17H18ClN5O. The number of benzene rings is 2. The lowest BCUT2D eigenvalue weighted by Crippen LogP contribution is -2.13. The zero-order chi connectivity index (χ0) is 16.8. The van der Waals surface area contributed by atoms with Crippen LogP contribution >= 0.6 is 11.6 Å². The first kappa shape index (κ1) is 16.4. The average molecular weight is 344 g/mol. The molecule has 24 heavy (non-hydrogen) atoms. The Hall–Kier alpha value is -2.44. The van der Waals surface area contributed by atoms with Crippen LogP contribution in [0.3, 0.4) is 0 Å².